The van der Waals surface area contributed by atoms with Crippen LogP contribution in [0.1, 0.15) is 12.8 Å². The lowest BCUT2D eigenvalue weighted by Gasteiger charge is -2.37. The Morgan fingerprint density at radius 3 is 3.14 bits per heavy atom. The van der Waals surface area contributed by atoms with E-state index in [4.69, 9.17) is 14.6 Å². The highest BCUT2D eigenvalue weighted by Gasteiger charge is 2.41. The first-order chi connectivity index (χ1) is 6.70. The van der Waals surface area contributed by atoms with Gasteiger partial charge < -0.3 is 19.9 Å². The van der Waals surface area contributed by atoms with Crippen LogP contribution in [0.15, 0.2) is 0 Å². The van der Waals surface area contributed by atoms with E-state index in [0.29, 0.717) is 13.2 Å². The summed E-state index contributed by atoms with van der Waals surface area (Å²) in [5.41, 5.74) is -0.266. The highest BCUT2D eigenvalue weighted by Crippen LogP contribution is 2.27. The van der Waals surface area contributed by atoms with Gasteiger partial charge in [-0.2, -0.15) is 0 Å². The summed E-state index contributed by atoms with van der Waals surface area (Å²) in [6.45, 7) is 2.66. The molecule has 5 heteroatoms. The molecule has 2 rings (SSSR count). The van der Waals surface area contributed by atoms with Gasteiger partial charge in [0.2, 0.25) is 0 Å². The van der Waals surface area contributed by atoms with Crippen molar-refractivity contribution in [2.45, 2.75) is 24.5 Å². The highest BCUT2D eigenvalue weighted by atomic mass is 16.6. The van der Waals surface area contributed by atoms with Gasteiger partial charge in [0.25, 0.3) is 0 Å². The smallest absolute Gasteiger partial charge is 0.306 e. The number of nitrogens with one attached hydrogen (secondary N) is 1. The molecule has 0 aromatic carbocycles. The fourth-order valence-corrected chi connectivity index (χ4v) is 2.04. The third-order valence-corrected chi connectivity index (χ3v) is 2.69. The van der Waals surface area contributed by atoms with E-state index in [0.717, 1.165) is 19.5 Å². The first-order valence-corrected chi connectivity index (χ1v) is 4.88. The quantitative estimate of drug-likeness (QED) is 0.636. The minimum atomic E-state index is -0.832. The maximum atomic E-state index is 10.5. The van der Waals surface area contributed by atoms with E-state index in [1.165, 1.54) is 0 Å². The molecule has 0 radical (unpaired) electrons. The zero-order chi connectivity index (χ0) is 10.0. The molecule has 0 aromatic rings. The zero-order valence-corrected chi connectivity index (χ0v) is 7.99. The van der Waals surface area contributed by atoms with Gasteiger partial charge in [-0.15, -0.1) is 0 Å². The molecule has 5 nitrogen and oxygen atoms in total. The van der Waals surface area contributed by atoms with Gasteiger partial charge in [-0.05, 0) is 13.0 Å². The predicted octanol–water partition coefficient (Wildman–Crippen LogP) is -0.391. The topological polar surface area (TPSA) is 67.8 Å². The summed E-state index contributed by atoms with van der Waals surface area (Å²) in [4.78, 5) is 10.5. The maximum absolute atomic E-state index is 10.5. The van der Waals surface area contributed by atoms with Crippen molar-refractivity contribution in [3.8, 4) is 0 Å². The van der Waals surface area contributed by atoms with Crippen molar-refractivity contribution in [3.63, 3.8) is 0 Å². The molecule has 0 bridgehead atoms. The first-order valence-electron chi connectivity index (χ1n) is 4.88. The molecule has 2 fully saturated rings. The first kappa shape index (κ1) is 9.89. The molecule has 2 atom stereocenters. The fraction of sp³-hybridized carbons (Fsp3) is 0.889. The van der Waals surface area contributed by atoms with Crippen LogP contribution in [0.25, 0.3) is 0 Å². The molecule has 0 amide bonds. The number of carboxylic acids is 1. The molecule has 2 aliphatic heterocycles. The molecule has 2 unspecified atom stereocenters. The van der Waals surface area contributed by atoms with Crippen molar-refractivity contribution in [3.05, 3.63) is 0 Å². The Balaban J connectivity index is 1.93. The Morgan fingerprint density at radius 2 is 2.50 bits per heavy atom. The van der Waals surface area contributed by atoms with Gasteiger partial charge >= 0.3 is 5.97 Å². The van der Waals surface area contributed by atoms with Crippen LogP contribution in [-0.4, -0.2) is 49.1 Å². The van der Waals surface area contributed by atoms with E-state index >= 15 is 0 Å². The van der Waals surface area contributed by atoms with E-state index in [9.17, 15) is 4.79 Å². The van der Waals surface area contributed by atoms with E-state index in [2.05, 4.69) is 5.32 Å². The van der Waals surface area contributed by atoms with Crippen molar-refractivity contribution in [2.24, 2.45) is 0 Å². The Kier molecular flexibility index (Phi) is 2.71. The van der Waals surface area contributed by atoms with Crippen LogP contribution < -0.4 is 5.32 Å². The van der Waals surface area contributed by atoms with Crippen LogP contribution >= 0.6 is 0 Å². The van der Waals surface area contributed by atoms with Gasteiger partial charge in [-0.1, -0.05) is 0 Å². The number of aliphatic carboxylic acids is 1. The van der Waals surface area contributed by atoms with Crippen molar-refractivity contribution in [1.29, 1.82) is 0 Å². The highest BCUT2D eigenvalue weighted by molar-refractivity contribution is 5.67. The molecule has 2 aliphatic rings. The van der Waals surface area contributed by atoms with Crippen molar-refractivity contribution in [2.75, 3.05) is 26.3 Å². The minimum absolute atomic E-state index is 0.0295. The standard InChI is InChI=1S/C9H15NO4/c11-8(12)3-7-4-13-6-9(14-7)1-2-10-5-9/h7,10H,1-6H2,(H,11,12). The van der Waals surface area contributed by atoms with Gasteiger partial charge in [0.1, 0.15) is 5.60 Å². The number of hydrogen-bond acceptors (Lipinski definition) is 4. The largest absolute Gasteiger partial charge is 0.481 e. The second kappa shape index (κ2) is 3.84. The Labute approximate surface area is 82.4 Å². The van der Waals surface area contributed by atoms with Crippen LogP contribution in [0.3, 0.4) is 0 Å². The van der Waals surface area contributed by atoms with Crippen molar-refractivity contribution in [1.82, 2.24) is 5.32 Å². The van der Waals surface area contributed by atoms with E-state index in [1.807, 2.05) is 0 Å². The Bertz CT molecular complexity index is 225. The normalized spacial score (nSPS) is 37.6. The summed E-state index contributed by atoms with van der Waals surface area (Å²) in [5, 5.41) is 11.9. The summed E-state index contributed by atoms with van der Waals surface area (Å²) in [6.07, 6.45) is 0.645. The lowest BCUT2D eigenvalue weighted by Crippen LogP contribution is -2.49. The number of carboxylic acid groups (broad SMARTS) is 1. The van der Waals surface area contributed by atoms with Gasteiger partial charge in [0, 0.05) is 6.54 Å². The lowest BCUT2D eigenvalue weighted by molar-refractivity contribution is -0.194. The lowest BCUT2D eigenvalue weighted by atomic mass is 10.0. The van der Waals surface area contributed by atoms with E-state index in [1.54, 1.807) is 0 Å². The maximum Gasteiger partial charge on any atom is 0.306 e. The molecule has 14 heavy (non-hydrogen) atoms. The zero-order valence-electron chi connectivity index (χ0n) is 7.99. The molecule has 2 N–H and O–H groups in total. The molecule has 2 heterocycles. The predicted molar refractivity (Wildman–Crippen MR) is 48.2 cm³/mol. The van der Waals surface area contributed by atoms with Crippen molar-refractivity contribution >= 4 is 5.97 Å². The van der Waals surface area contributed by atoms with Crippen LogP contribution in [0.4, 0.5) is 0 Å². The molecule has 0 saturated carbocycles. The molecule has 80 valence electrons. The third kappa shape index (κ3) is 2.05. The number of carbonyl (C=O) groups is 1. The molecule has 2 saturated heterocycles. The second-order valence-electron chi connectivity index (χ2n) is 3.96. The van der Waals surface area contributed by atoms with Crippen LogP contribution in [0, 0.1) is 0 Å². The summed E-state index contributed by atoms with van der Waals surface area (Å²) < 4.78 is 11.2. The minimum Gasteiger partial charge on any atom is -0.481 e. The summed E-state index contributed by atoms with van der Waals surface area (Å²) in [7, 11) is 0. The molecule has 0 aliphatic carbocycles. The van der Waals surface area contributed by atoms with Gasteiger partial charge in [0.15, 0.2) is 0 Å². The van der Waals surface area contributed by atoms with Gasteiger partial charge in [-0.3, -0.25) is 4.79 Å². The average Bonchev–Trinajstić information content (AvgIpc) is 2.52. The van der Waals surface area contributed by atoms with E-state index in [-0.39, 0.29) is 18.1 Å². The average molecular weight is 201 g/mol. The van der Waals surface area contributed by atoms with E-state index < -0.39 is 5.97 Å². The fourth-order valence-electron chi connectivity index (χ4n) is 2.04. The Morgan fingerprint density at radius 1 is 1.64 bits per heavy atom. The monoisotopic (exact) mass is 201 g/mol. The summed E-state index contributed by atoms with van der Waals surface area (Å²) in [6, 6.07) is 0. The van der Waals surface area contributed by atoms with Gasteiger partial charge in [-0.25, -0.2) is 0 Å². The number of rotatable bonds is 2. The van der Waals surface area contributed by atoms with Crippen molar-refractivity contribution < 1.29 is 19.4 Å². The number of ether oxygens (including phenoxy) is 2. The second-order valence-corrected chi connectivity index (χ2v) is 3.96. The summed E-state index contributed by atoms with van der Waals surface area (Å²) in [5.74, 6) is -0.832. The molecular formula is C9H15NO4. The SMILES string of the molecule is O=C(O)CC1COCC2(CCNC2)O1. The van der Waals surface area contributed by atoms with Crippen LogP contribution in [0.5, 0.6) is 0 Å². The summed E-state index contributed by atoms with van der Waals surface area (Å²) >= 11 is 0. The molecule has 1 spiro atoms. The number of hydrogen-bond donors (Lipinski definition) is 2. The third-order valence-electron chi connectivity index (χ3n) is 2.69. The van der Waals surface area contributed by atoms with Crippen LogP contribution in [-0.2, 0) is 14.3 Å². The van der Waals surface area contributed by atoms with Crippen LogP contribution in [0.2, 0.25) is 0 Å². The Hall–Kier alpha value is -0.650. The molecular weight excluding hydrogens is 186 g/mol. The molecule has 0 aromatic heterocycles. The van der Waals surface area contributed by atoms with Gasteiger partial charge in [0.05, 0.1) is 25.7 Å².